The highest BCUT2D eigenvalue weighted by molar-refractivity contribution is 7.10. The number of ether oxygens (including phenoxy) is 1. The first-order chi connectivity index (χ1) is 15.4. The Morgan fingerprint density at radius 3 is 2.88 bits per heavy atom. The highest BCUT2D eigenvalue weighted by Crippen LogP contribution is 2.34. The number of amides is 3. The second-order valence-corrected chi connectivity index (χ2v) is 9.04. The molecule has 0 bridgehead atoms. The molecule has 0 radical (unpaired) electrons. The summed E-state index contributed by atoms with van der Waals surface area (Å²) >= 11 is 1.68. The number of urea groups is 1. The average Bonchev–Trinajstić information content (AvgIpc) is 3.28. The first kappa shape index (κ1) is 24.0. The van der Waals surface area contributed by atoms with Crippen molar-refractivity contribution in [2.75, 3.05) is 26.2 Å². The van der Waals surface area contributed by atoms with Crippen LogP contribution in [0.1, 0.15) is 50.1 Å². The number of benzene rings is 1. The van der Waals surface area contributed by atoms with E-state index in [4.69, 9.17) is 4.74 Å². The largest absolute Gasteiger partial charge is 0.491 e. The van der Waals surface area contributed by atoms with Crippen LogP contribution in [0.4, 0.5) is 9.18 Å². The standard InChI is InChI=1S/C24H32FN3O3S/c1-4-11-26-24(30)28(17(3)5-2)15-23(29)27-12-9-22-20(10-13-32-22)21(27)16-31-19-8-6-7-18(25)14-19/h6-8,10,13-14,17,21H,4-5,9,11-12,15-16H2,1-3H3,(H,26,30). The van der Waals surface area contributed by atoms with E-state index < -0.39 is 0 Å². The minimum atomic E-state index is -0.363. The lowest BCUT2D eigenvalue weighted by atomic mass is 10.00. The number of carbonyl (C=O) groups is 2. The Balaban J connectivity index is 1.76. The first-order valence-corrected chi connectivity index (χ1v) is 12.1. The van der Waals surface area contributed by atoms with Gasteiger partial charge in [-0.25, -0.2) is 9.18 Å². The molecule has 2 aromatic rings. The topological polar surface area (TPSA) is 61.9 Å². The van der Waals surface area contributed by atoms with Crippen molar-refractivity contribution >= 4 is 23.3 Å². The monoisotopic (exact) mass is 461 g/mol. The van der Waals surface area contributed by atoms with Gasteiger partial charge in [0, 0.05) is 30.1 Å². The van der Waals surface area contributed by atoms with Crippen LogP contribution >= 0.6 is 11.3 Å². The molecule has 1 aliphatic heterocycles. The van der Waals surface area contributed by atoms with Gasteiger partial charge in [0.25, 0.3) is 0 Å². The van der Waals surface area contributed by atoms with Gasteiger partial charge in [0.2, 0.25) is 5.91 Å². The number of hydrogen-bond acceptors (Lipinski definition) is 4. The lowest BCUT2D eigenvalue weighted by Crippen LogP contribution is -2.52. The third-order valence-electron chi connectivity index (χ3n) is 5.83. The van der Waals surface area contributed by atoms with E-state index in [9.17, 15) is 14.0 Å². The summed E-state index contributed by atoms with van der Waals surface area (Å²) in [6.07, 6.45) is 2.37. The number of nitrogens with one attached hydrogen (secondary N) is 1. The van der Waals surface area contributed by atoms with Crippen molar-refractivity contribution in [3.63, 3.8) is 0 Å². The lowest BCUT2D eigenvalue weighted by molar-refractivity contribution is -0.135. The maximum atomic E-state index is 13.6. The van der Waals surface area contributed by atoms with E-state index in [0.29, 0.717) is 18.8 Å². The molecular weight excluding hydrogens is 429 g/mol. The van der Waals surface area contributed by atoms with Gasteiger partial charge in [-0.3, -0.25) is 4.79 Å². The zero-order valence-electron chi connectivity index (χ0n) is 19.0. The van der Waals surface area contributed by atoms with Crippen LogP contribution in [-0.2, 0) is 11.2 Å². The van der Waals surface area contributed by atoms with Crippen molar-refractivity contribution in [1.29, 1.82) is 0 Å². The van der Waals surface area contributed by atoms with Crippen LogP contribution < -0.4 is 10.1 Å². The average molecular weight is 462 g/mol. The fourth-order valence-corrected chi connectivity index (χ4v) is 4.75. The molecule has 0 saturated carbocycles. The second-order valence-electron chi connectivity index (χ2n) is 8.04. The molecule has 1 aliphatic rings. The molecule has 2 heterocycles. The molecule has 3 rings (SSSR count). The predicted octanol–water partition coefficient (Wildman–Crippen LogP) is 4.61. The summed E-state index contributed by atoms with van der Waals surface area (Å²) in [7, 11) is 0. The number of halogens is 1. The fourth-order valence-electron chi connectivity index (χ4n) is 3.82. The van der Waals surface area contributed by atoms with E-state index in [-0.39, 0.29) is 43.0 Å². The number of hydrogen-bond donors (Lipinski definition) is 1. The molecule has 3 amide bonds. The van der Waals surface area contributed by atoms with Crippen molar-refractivity contribution in [1.82, 2.24) is 15.1 Å². The van der Waals surface area contributed by atoms with Crippen molar-refractivity contribution in [3.8, 4) is 5.75 Å². The van der Waals surface area contributed by atoms with Crippen molar-refractivity contribution in [2.24, 2.45) is 0 Å². The van der Waals surface area contributed by atoms with Crippen molar-refractivity contribution in [3.05, 3.63) is 52.0 Å². The molecule has 2 unspecified atom stereocenters. The maximum Gasteiger partial charge on any atom is 0.318 e. The Kier molecular flexibility index (Phi) is 8.50. The van der Waals surface area contributed by atoms with E-state index in [1.165, 1.54) is 17.0 Å². The summed E-state index contributed by atoms with van der Waals surface area (Å²) in [5.74, 6) is -0.0425. The summed E-state index contributed by atoms with van der Waals surface area (Å²) in [4.78, 5) is 30.8. The Labute approximate surface area is 193 Å². The molecule has 174 valence electrons. The summed E-state index contributed by atoms with van der Waals surface area (Å²) in [5, 5.41) is 4.91. The van der Waals surface area contributed by atoms with Crippen LogP contribution in [-0.4, -0.2) is 54.0 Å². The molecule has 0 saturated heterocycles. The highest BCUT2D eigenvalue weighted by Gasteiger charge is 2.34. The van der Waals surface area contributed by atoms with Crippen LogP contribution in [0.5, 0.6) is 5.75 Å². The van der Waals surface area contributed by atoms with Gasteiger partial charge in [0.15, 0.2) is 0 Å². The van der Waals surface area contributed by atoms with Crippen LogP contribution in [0.3, 0.4) is 0 Å². The minimum absolute atomic E-state index is 0.0144. The molecule has 6 nitrogen and oxygen atoms in total. The highest BCUT2D eigenvalue weighted by atomic mass is 32.1. The molecule has 0 spiro atoms. The van der Waals surface area contributed by atoms with E-state index in [1.807, 2.05) is 32.2 Å². The third-order valence-corrected chi connectivity index (χ3v) is 6.83. The van der Waals surface area contributed by atoms with Gasteiger partial charge in [0.05, 0.1) is 6.04 Å². The van der Waals surface area contributed by atoms with Gasteiger partial charge in [-0.05, 0) is 55.3 Å². The Morgan fingerprint density at radius 2 is 2.16 bits per heavy atom. The number of fused-ring (bicyclic) bond motifs is 1. The maximum absolute atomic E-state index is 13.6. The summed E-state index contributed by atoms with van der Waals surface area (Å²) in [6, 6.07) is 7.49. The molecule has 2 atom stereocenters. The molecule has 1 aromatic heterocycles. The van der Waals surface area contributed by atoms with Crippen molar-refractivity contribution in [2.45, 2.75) is 52.1 Å². The van der Waals surface area contributed by atoms with Gasteiger partial charge in [-0.15, -0.1) is 11.3 Å². The molecule has 32 heavy (non-hydrogen) atoms. The summed E-state index contributed by atoms with van der Waals surface area (Å²) in [5.41, 5.74) is 1.07. The van der Waals surface area contributed by atoms with Crippen LogP contribution in [0.25, 0.3) is 0 Å². The lowest BCUT2D eigenvalue weighted by Gasteiger charge is -2.38. The first-order valence-electron chi connectivity index (χ1n) is 11.2. The Hall–Kier alpha value is -2.61. The van der Waals surface area contributed by atoms with E-state index in [1.54, 1.807) is 33.3 Å². The van der Waals surface area contributed by atoms with Crippen LogP contribution in [0, 0.1) is 5.82 Å². The molecule has 0 aliphatic carbocycles. The second kappa shape index (κ2) is 11.3. The normalized spacial score (nSPS) is 16.2. The molecule has 1 aromatic carbocycles. The Morgan fingerprint density at radius 1 is 1.34 bits per heavy atom. The zero-order chi connectivity index (χ0) is 23.1. The smallest absolute Gasteiger partial charge is 0.318 e. The van der Waals surface area contributed by atoms with Gasteiger partial charge in [0.1, 0.15) is 24.7 Å². The molecule has 0 fully saturated rings. The number of thiophene rings is 1. The van der Waals surface area contributed by atoms with Gasteiger partial charge < -0.3 is 19.9 Å². The van der Waals surface area contributed by atoms with Gasteiger partial charge >= 0.3 is 6.03 Å². The molecule has 1 N–H and O–H groups in total. The fraction of sp³-hybridized carbons (Fsp3) is 0.500. The Bertz CT molecular complexity index is 919. The van der Waals surface area contributed by atoms with Crippen LogP contribution in [0.2, 0.25) is 0 Å². The van der Waals surface area contributed by atoms with Crippen LogP contribution in [0.15, 0.2) is 35.7 Å². The van der Waals surface area contributed by atoms with Crippen molar-refractivity contribution < 1.29 is 18.7 Å². The number of rotatable bonds is 9. The zero-order valence-corrected chi connectivity index (χ0v) is 19.8. The summed E-state index contributed by atoms with van der Waals surface area (Å²) < 4.78 is 19.4. The van der Waals surface area contributed by atoms with E-state index in [0.717, 1.165) is 24.8 Å². The number of carbonyl (C=O) groups excluding carboxylic acids is 2. The van der Waals surface area contributed by atoms with Gasteiger partial charge in [-0.2, -0.15) is 0 Å². The minimum Gasteiger partial charge on any atom is -0.491 e. The number of nitrogens with zero attached hydrogens (tertiary/aromatic N) is 2. The molecule has 8 heteroatoms. The quantitative estimate of drug-likeness (QED) is 0.593. The molecular formula is C24H32FN3O3S. The van der Waals surface area contributed by atoms with Gasteiger partial charge in [-0.1, -0.05) is 19.9 Å². The van der Waals surface area contributed by atoms with E-state index in [2.05, 4.69) is 5.32 Å². The summed E-state index contributed by atoms with van der Waals surface area (Å²) in [6.45, 7) is 7.33. The predicted molar refractivity (Wildman–Crippen MR) is 125 cm³/mol. The SMILES string of the molecule is CCCNC(=O)N(CC(=O)N1CCc2sccc2C1COc1cccc(F)c1)C(C)CC. The third kappa shape index (κ3) is 5.79. The van der Waals surface area contributed by atoms with E-state index >= 15 is 0 Å².